The summed E-state index contributed by atoms with van der Waals surface area (Å²) >= 11 is 0. The molecule has 0 spiro atoms. The lowest BCUT2D eigenvalue weighted by molar-refractivity contribution is -0.138. The number of methoxy groups -OCH3 is 1. The number of carbonyl (C=O) groups is 1. The monoisotopic (exact) mass is 281 g/mol. The van der Waals surface area contributed by atoms with Gasteiger partial charge in [0.2, 0.25) is 0 Å². The van der Waals surface area contributed by atoms with E-state index >= 15 is 0 Å². The van der Waals surface area contributed by atoms with Crippen LogP contribution in [0.5, 0.6) is 5.75 Å². The van der Waals surface area contributed by atoms with Gasteiger partial charge in [0.05, 0.1) is 20.1 Å². The first-order chi connectivity index (χ1) is 9.47. The number of nitrogens with zero attached hydrogens (tertiary/aromatic N) is 1. The number of aliphatic hydroxyl groups is 1. The highest BCUT2D eigenvalue weighted by Crippen LogP contribution is 2.20. The van der Waals surface area contributed by atoms with Crippen LogP contribution in [0.25, 0.3) is 0 Å². The van der Waals surface area contributed by atoms with E-state index in [-0.39, 0.29) is 19.1 Å². The van der Waals surface area contributed by atoms with Crippen LogP contribution in [0.3, 0.4) is 0 Å². The van der Waals surface area contributed by atoms with Crippen molar-refractivity contribution in [3.63, 3.8) is 0 Å². The molecule has 0 saturated heterocycles. The molecule has 0 aliphatic rings. The molecular formula is C15H23NO4. The quantitative estimate of drug-likeness (QED) is 0.752. The smallest absolute Gasteiger partial charge is 0.304 e. The molecule has 1 rings (SSSR count). The fraction of sp³-hybridized carbons (Fsp3) is 0.533. The Labute approximate surface area is 119 Å². The Hall–Kier alpha value is -1.59. The van der Waals surface area contributed by atoms with Crippen molar-refractivity contribution >= 4 is 5.97 Å². The Morgan fingerprint density at radius 3 is 2.65 bits per heavy atom. The number of aryl methyl sites for hydroxylation is 1. The lowest BCUT2D eigenvalue weighted by Gasteiger charge is -2.27. The van der Waals surface area contributed by atoms with E-state index in [9.17, 15) is 4.79 Å². The normalized spacial score (nSPS) is 12.4. The highest BCUT2D eigenvalue weighted by atomic mass is 16.5. The lowest BCUT2D eigenvalue weighted by Crippen LogP contribution is -2.37. The Morgan fingerprint density at radius 2 is 2.15 bits per heavy atom. The molecule has 1 atom stereocenters. The van der Waals surface area contributed by atoms with E-state index in [2.05, 4.69) is 0 Å². The first-order valence-electron chi connectivity index (χ1n) is 6.64. The van der Waals surface area contributed by atoms with Gasteiger partial charge in [-0.2, -0.15) is 0 Å². The Bertz CT molecular complexity index is 447. The molecular weight excluding hydrogens is 258 g/mol. The summed E-state index contributed by atoms with van der Waals surface area (Å²) < 4.78 is 5.17. The summed E-state index contributed by atoms with van der Waals surface area (Å²) in [5, 5.41) is 18.0. The van der Waals surface area contributed by atoms with Gasteiger partial charge in [-0.15, -0.1) is 0 Å². The van der Waals surface area contributed by atoms with Crippen LogP contribution < -0.4 is 4.74 Å². The van der Waals surface area contributed by atoms with E-state index in [1.54, 1.807) is 7.11 Å². The highest BCUT2D eigenvalue weighted by Gasteiger charge is 2.19. The van der Waals surface area contributed by atoms with E-state index < -0.39 is 5.97 Å². The van der Waals surface area contributed by atoms with Crippen LogP contribution in [-0.4, -0.2) is 54.4 Å². The Morgan fingerprint density at radius 1 is 1.45 bits per heavy atom. The van der Waals surface area contributed by atoms with Gasteiger partial charge < -0.3 is 19.8 Å². The van der Waals surface area contributed by atoms with Crippen LogP contribution in [0.2, 0.25) is 0 Å². The van der Waals surface area contributed by atoms with Gasteiger partial charge >= 0.3 is 5.97 Å². The largest absolute Gasteiger partial charge is 0.497 e. The summed E-state index contributed by atoms with van der Waals surface area (Å²) in [7, 11) is 3.46. The summed E-state index contributed by atoms with van der Waals surface area (Å²) in [6, 6.07) is 5.66. The minimum Gasteiger partial charge on any atom is -0.497 e. The molecule has 5 nitrogen and oxygen atoms in total. The topological polar surface area (TPSA) is 70.0 Å². The van der Waals surface area contributed by atoms with E-state index in [0.29, 0.717) is 13.0 Å². The number of carboxylic acids is 1. The number of carboxylic acid groups (broad SMARTS) is 1. The average Bonchev–Trinajstić information content (AvgIpc) is 2.39. The molecule has 0 fully saturated rings. The Balaban J connectivity index is 2.85. The SMILES string of the molecule is COc1ccc(CC(CC(=O)O)N(C)CCO)c(C)c1. The van der Waals surface area contributed by atoms with Crippen molar-refractivity contribution in [3.05, 3.63) is 29.3 Å². The molecule has 1 aromatic rings. The number of rotatable bonds is 8. The average molecular weight is 281 g/mol. The number of ether oxygens (including phenoxy) is 1. The van der Waals surface area contributed by atoms with E-state index in [4.69, 9.17) is 14.9 Å². The van der Waals surface area contributed by atoms with Crippen LogP contribution in [0, 0.1) is 6.92 Å². The zero-order valence-electron chi connectivity index (χ0n) is 12.3. The minimum absolute atomic E-state index is 0.0220. The number of likely N-dealkylation sites (N-methyl/N-ethyl adjacent to an activating group) is 1. The molecule has 1 aromatic carbocycles. The molecule has 0 saturated carbocycles. The number of aliphatic hydroxyl groups excluding tert-OH is 1. The molecule has 20 heavy (non-hydrogen) atoms. The van der Waals surface area contributed by atoms with Crippen molar-refractivity contribution in [2.75, 3.05) is 27.3 Å². The summed E-state index contributed by atoms with van der Waals surface area (Å²) in [5.74, 6) is -0.0318. The van der Waals surface area contributed by atoms with Gasteiger partial charge in [0.15, 0.2) is 0 Å². The second kappa shape index (κ2) is 7.87. The Kier molecular flexibility index (Phi) is 6.48. The molecule has 112 valence electrons. The van der Waals surface area contributed by atoms with Gasteiger partial charge in [-0.3, -0.25) is 4.79 Å². The molecule has 1 unspecified atom stereocenters. The fourth-order valence-corrected chi connectivity index (χ4v) is 2.20. The molecule has 0 amide bonds. The summed E-state index contributed by atoms with van der Waals surface area (Å²) in [4.78, 5) is 12.9. The third-order valence-corrected chi connectivity index (χ3v) is 3.49. The zero-order chi connectivity index (χ0) is 15.1. The molecule has 0 aliphatic carbocycles. The van der Waals surface area contributed by atoms with Crippen molar-refractivity contribution < 1.29 is 19.7 Å². The second-order valence-corrected chi connectivity index (χ2v) is 4.95. The standard InChI is InChI=1S/C15H23NO4/c1-11-8-14(20-3)5-4-12(11)9-13(10-15(18)19)16(2)6-7-17/h4-5,8,13,17H,6-7,9-10H2,1-3H3,(H,18,19). The van der Waals surface area contributed by atoms with E-state index in [1.165, 1.54) is 0 Å². The maximum absolute atomic E-state index is 11.0. The molecule has 0 radical (unpaired) electrons. The number of benzene rings is 1. The third-order valence-electron chi connectivity index (χ3n) is 3.49. The van der Waals surface area contributed by atoms with Crippen LogP contribution in [0.1, 0.15) is 17.5 Å². The molecule has 0 aromatic heterocycles. The van der Waals surface area contributed by atoms with E-state index in [1.807, 2.05) is 37.1 Å². The van der Waals surface area contributed by atoms with Gasteiger partial charge in [0, 0.05) is 12.6 Å². The molecule has 2 N–H and O–H groups in total. The molecule has 0 heterocycles. The molecule has 0 aliphatic heterocycles. The number of hydrogen-bond acceptors (Lipinski definition) is 4. The predicted molar refractivity (Wildman–Crippen MR) is 77.2 cm³/mol. The fourth-order valence-electron chi connectivity index (χ4n) is 2.20. The second-order valence-electron chi connectivity index (χ2n) is 4.95. The van der Waals surface area contributed by atoms with Crippen LogP contribution in [0.15, 0.2) is 18.2 Å². The first-order valence-corrected chi connectivity index (χ1v) is 6.64. The van der Waals surface area contributed by atoms with Crippen molar-refractivity contribution in [1.29, 1.82) is 0 Å². The number of aliphatic carboxylic acids is 1. The maximum atomic E-state index is 11.0. The third kappa shape index (κ3) is 4.83. The van der Waals surface area contributed by atoms with Crippen molar-refractivity contribution in [1.82, 2.24) is 4.90 Å². The van der Waals surface area contributed by atoms with Gasteiger partial charge in [-0.25, -0.2) is 0 Å². The molecule has 0 bridgehead atoms. The van der Waals surface area contributed by atoms with Crippen molar-refractivity contribution in [3.8, 4) is 5.75 Å². The van der Waals surface area contributed by atoms with Crippen molar-refractivity contribution in [2.24, 2.45) is 0 Å². The maximum Gasteiger partial charge on any atom is 0.304 e. The van der Waals surface area contributed by atoms with Gasteiger partial charge in [-0.1, -0.05) is 6.07 Å². The summed E-state index contributed by atoms with van der Waals surface area (Å²) in [6.45, 7) is 2.48. The van der Waals surface area contributed by atoms with Gasteiger partial charge in [-0.05, 0) is 43.7 Å². The van der Waals surface area contributed by atoms with E-state index in [0.717, 1.165) is 16.9 Å². The van der Waals surface area contributed by atoms with Crippen LogP contribution in [0.4, 0.5) is 0 Å². The van der Waals surface area contributed by atoms with Gasteiger partial charge in [0.25, 0.3) is 0 Å². The summed E-state index contributed by atoms with van der Waals surface area (Å²) in [6.07, 6.45) is 0.695. The summed E-state index contributed by atoms with van der Waals surface area (Å²) in [5.41, 5.74) is 2.18. The number of hydrogen-bond donors (Lipinski definition) is 2. The lowest BCUT2D eigenvalue weighted by atomic mass is 9.98. The van der Waals surface area contributed by atoms with Crippen LogP contribution >= 0.6 is 0 Å². The predicted octanol–water partition coefficient (Wildman–Crippen LogP) is 1.31. The first kappa shape index (κ1) is 16.5. The van der Waals surface area contributed by atoms with Crippen LogP contribution in [-0.2, 0) is 11.2 Å². The highest BCUT2D eigenvalue weighted by molar-refractivity contribution is 5.67. The zero-order valence-corrected chi connectivity index (χ0v) is 12.3. The minimum atomic E-state index is -0.828. The van der Waals surface area contributed by atoms with Gasteiger partial charge in [0.1, 0.15) is 5.75 Å². The van der Waals surface area contributed by atoms with Crippen molar-refractivity contribution in [2.45, 2.75) is 25.8 Å². The molecule has 5 heteroatoms.